The first-order valence-corrected chi connectivity index (χ1v) is 11.2. The highest BCUT2D eigenvalue weighted by Gasteiger charge is 2.27. The highest BCUT2D eigenvalue weighted by atomic mass is 32.2. The van der Waals surface area contributed by atoms with Crippen LogP contribution in [0.5, 0.6) is 5.75 Å². The molecule has 5 nitrogen and oxygen atoms in total. The summed E-state index contributed by atoms with van der Waals surface area (Å²) in [5, 5.41) is 6.39. The van der Waals surface area contributed by atoms with E-state index in [-0.39, 0.29) is 11.4 Å². The Balaban J connectivity index is 1.53. The number of nitrogens with zero attached hydrogens (tertiary/aromatic N) is 1. The van der Waals surface area contributed by atoms with Crippen LogP contribution in [-0.2, 0) is 11.2 Å². The Labute approximate surface area is 187 Å². The largest absolute Gasteiger partial charge is 0.497 e. The maximum absolute atomic E-state index is 12.6. The van der Waals surface area contributed by atoms with Gasteiger partial charge in [-0.25, -0.2) is 0 Å². The molecule has 1 saturated heterocycles. The standard InChI is InChI=1S/C25H27N3O2S/c1-5-18-6-8-20(9-7-18)26-25-27-24(29)23(31-25)15-19-14-16(2)28(17(19)3)21-10-12-22(30-4)13-11-21/h6-15,25-26H,5H2,1-4H3,(H,27,29)/b23-15-/t25-/m1/s1. The zero-order valence-corrected chi connectivity index (χ0v) is 19.0. The van der Waals surface area contributed by atoms with Gasteiger partial charge in [0.25, 0.3) is 5.91 Å². The summed E-state index contributed by atoms with van der Waals surface area (Å²) in [7, 11) is 1.66. The van der Waals surface area contributed by atoms with Crippen LogP contribution in [0.4, 0.5) is 5.69 Å². The number of ether oxygens (including phenoxy) is 1. The van der Waals surface area contributed by atoms with Crippen LogP contribution in [0.1, 0.15) is 29.4 Å². The third-order valence-electron chi connectivity index (χ3n) is 5.48. The summed E-state index contributed by atoms with van der Waals surface area (Å²) in [4.78, 5) is 13.3. The normalized spacial score (nSPS) is 17.1. The lowest BCUT2D eigenvalue weighted by Gasteiger charge is -2.12. The third-order valence-corrected chi connectivity index (χ3v) is 6.51. The highest BCUT2D eigenvalue weighted by Crippen LogP contribution is 2.32. The van der Waals surface area contributed by atoms with Crippen molar-refractivity contribution < 1.29 is 9.53 Å². The van der Waals surface area contributed by atoms with Gasteiger partial charge in [-0.1, -0.05) is 30.8 Å². The quantitative estimate of drug-likeness (QED) is 0.521. The van der Waals surface area contributed by atoms with Gasteiger partial charge in [0.05, 0.1) is 12.0 Å². The summed E-state index contributed by atoms with van der Waals surface area (Å²) in [6, 6.07) is 18.4. The van der Waals surface area contributed by atoms with E-state index in [1.54, 1.807) is 7.11 Å². The van der Waals surface area contributed by atoms with E-state index in [0.717, 1.165) is 40.5 Å². The molecule has 160 valence electrons. The van der Waals surface area contributed by atoms with Crippen molar-refractivity contribution in [1.82, 2.24) is 9.88 Å². The first-order valence-electron chi connectivity index (χ1n) is 10.4. The maximum Gasteiger partial charge on any atom is 0.260 e. The van der Waals surface area contributed by atoms with Crippen LogP contribution in [-0.4, -0.2) is 23.1 Å². The summed E-state index contributed by atoms with van der Waals surface area (Å²) in [6.45, 7) is 6.29. The average molecular weight is 434 g/mol. The molecular formula is C25H27N3O2S. The summed E-state index contributed by atoms with van der Waals surface area (Å²) >= 11 is 1.51. The van der Waals surface area contributed by atoms with E-state index in [9.17, 15) is 4.79 Å². The van der Waals surface area contributed by atoms with Gasteiger partial charge in [0.1, 0.15) is 5.75 Å². The predicted octanol–water partition coefficient (Wildman–Crippen LogP) is 5.26. The van der Waals surface area contributed by atoms with Crippen molar-refractivity contribution in [3.63, 3.8) is 0 Å². The number of aryl methyl sites for hydroxylation is 2. The molecule has 31 heavy (non-hydrogen) atoms. The smallest absolute Gasteiger partial charge is 0.260 e. The van der Waals surface area contributed by atoms with Crippen LogP contribution in [0.2, 0.25) is 0 Å². The Morgan fingerprint density at radius 3 is 2.48 bits per heavy atom. The molecule has 1 amide bonds. The third kappa shape index (κ3) is 4.49. The Hall–Kier alpha value is -3.12. The molecule has 0 aliphatic carbocycles. The molecule has 0 saturated carbocycles. The van der Waals surface area contributed by atoms with Gasteiger partial charge in [-0.15, -0.1) is 0 Å². The number of amides is 1. The van der Waals surface area contributed by atoms with Crippen molar-refractivity contribution >= 4 is 29.4 Å². The number of methoxy groups -OCH3 is 1. The lowest BCUT2D eigenvalue weighted by atomic mass is 10.1. The number of anilines is 1. The lowest BCUT2D eigenvalue weighted by molar-refractivity contribution is -0.116. The molecule has 0 unspecified atom stereocenters. The van der Waals surface area contributed by atoms with Crippen LogP contribution in [0.3, 0.4) is 0 Å². The van der Waals surface area contributed by atoms with Crippen molar-refractivity contribution in [2.24, 2.45) is 0 Å². The number of carbonyl (C=O) groups is 1. The molecule has 1 aliphatic rings. The summed E-state index contributed by atoms with van der Waals surface area (Å²) in [5.74, 6) is 0.775. The minimum absolute atomic E-state index is 0.0538. The van der Waals surface area contributed by atoms with E-state index in [2.05, 4.69) is 66.3 Å². The number of hydrogen-bond donors (Lipinski definition) is 2. The number of carbonyl (C=O) groups excluding carboxylic acids is 1. The zero-order valence-electron chi connectivity index (χ0n) is 18.2. The van der Waals surface area contributed by atoms with Crippen molar-refractivity contribution in [3.05, 3.63) is 82.0 Å². The van der Waals surface area contributed by atoms with E-state index in [0.29, 0.717) is 4.91 Å². The van der Waals surface area contributed by atoms with Crippen LogP contribution in [0.15, 0.2) is 59.5 Å². The molecule has 1 fully saturated rings. The summed E-state index contributed by atoms with van der Waals surface area (Å²) < 4.78 is 7.45. The molecular weight excluding hydrogens is 406 g/mol. The van der Waals surface area contributed by atoms with Gasteiger partial charge in [0, 0.05) is 22.8 Å². The van der Waals surface area contributed by atoms with Crippen LogP contribution in [0, 0.1) is 13.8 Å². The molecule has 0 bridgehead atoms. The fourth-order valence-electron chi connectivity index (χ4n) is 3.76. The minimum atomic E-state index is -0.184. The van der Waals surface area contributed by atoms with Gasteiger partial charge in [0.15, 0.2) is 5.50 Å². The van der Waals surface area contributed by atoms with Crippen molar-refractivity contribution in [2.75, 3.05) is 12.4 Å². The maximum atomic E-state index is 12.6. The van der Waals surface area contributed by atoms with E-state index < -0.39 is 0 Å². The fraction of sp³-hybridized carbons (Fsp3) is 0.240. The molecule has 2 aromatic carbocycles. The molecule has 1 aromatic heterocycles. The molecule has 3 aromatic rings. The van der Waals surface area contributed by atoms with Gasteiger partial charge in [-0.2, -0.15) is 0 Å². The molecule has 2 heterocycles. The SMILES string of the molecule is CCc1ccc(N[C@@H]2NC(=O)/C(=C/c3cc(C)n(-c4ccc(OC)cc4)c3C)S2)cc1. The molecule has 2 N–H and O–H groups in total. The summed E-state index contributed by atoms with van der Waals surface area (Å²) in [6.07, 6.45) is 2.99. The van der Waals surface area contributed by atoms with Crippen LogP contribution in [0.25, 0.3) is 11.8 Å². The Morgan fingerprint density at radius 2 is 1.84 bits per heavy atom. The number of nitrogens with one attached hydrogen (secondary N) is 2. The van der Waals surface area contributed by atoms with E-state index in [1.165, 1.54) is 17.3 Å². The topological polar surface area (TPSA) is 55.3 Å². The van der Waals surface area contributed by atoms with Crippen LogP contribution < -0.4 is 15.4 Å². The number of benzene rings is 2. The number of rotatable bonds is 6. The predicted molar refractivity (Wildman–Crippen MR) is 129 cm³/mol. The zero-order chi connectivity index (χ0) is 22.0. The fourth-order valence-corrected chi connectivity index (χ4v) is 4.73. The first kappa shape index (κ1) is 21.1. The number of hydrogen-bond acceptors (Lipinski definition) is 4. The van der Waals surface area contributed by atoms with E-state index in [4.69, 9.17) is 4.74 Å². The van der Waals surface area contributed by atoms with Crippen molar-refractivity contribution in [1.29, 1.82) is 0 Å². The van der Waals surface area contributed by atoms with Crippen molar-refractivity contribution in [2.45, 2.75) is 32.7 Å². The van der Waals surface area contributed by atoms with Gasteiger partial charge < -0.3 is 19.9 Å². The lowest BCUT2D eigenvalue weighted by Crippen LogP contribution is -2.30. The van der Waals surface area contributed by atoms with E-state index >= 15 is 0 Å². The second-order valence-corrected chi connectivity index (χ2v) is 8.68. The Bertz CT molecular complexity index is 1110. The highest BCUT2D eigenvalue weighted by molar-refractivity contribution is 8.05. The Morgan fingerprint density at radius 1 is 1.13 bits per heavy atom. The van der Waals surface area contributed by atoms with Gasteiger partial charge >= 0.3 is 0 Å². The van der Waals surface area contributed by atoms with E-state index in [1.807, 2.05) is 30.3 Å². The average Bonchev–Trinajstić information content (AvgIpc) is 3.26. The summed E-state index contributed by atoms with van der Waals surface area (Å²) in [5.41, 5.74) is 6.42. The van der Waals surface area contributed by atoms with Crippen LogP contribution >= 0.6 is 11.8 Å². The van der Waals surface area contributed by atoms with Gasteiger partial charge in [-0.3, -0.25) is 4.79 Å². The number of thioether (sulfide) groups is 1. The number of aromatic nitrogens is 1. The first-order chi connectivity index (χ1) is 15.0. The minimum Gasteiger partial charge on any atom is -0.497 e. The second kappa shape index (κ2) is 8.94. The van der Waals surface area contributed by atoms with Gasteiger partial charge in [-0.05, 0) is 79.9 Å². The molecule has 0 radical (unpaired) electrons. The molecule has 4 rings (SSSR count). The van der Waals surface area contributed by atoms with Gasteiger partial charge in [0.2, 0.25) is 0 Å². The molecule has 1 atom stereocenters. The second-order valence-electron chi connectivity index (χ2n) is 7.53. The Kier molecular flexibility index (Phi) is 6.09. The monoisotopic (exact) mass is 433 g/mol. The molecule has 1 aliphatic heterocycles. The van der Waals surface area contributed by atoms with Crippen molar-refractivity contribution in [3.8, 4) is 11.4 Å². The molecule has 6 heteroatoms. The molecule has 0 spiro atoms.